The summed E-state index contributed by atoms with van der Waals surface area (Å²) < 4.78 is 28.8. The number of benzene rings is 1. The van der Waals surface area contributed by atoms with Gasteiger partial charge in [0.15, 0.2) is 15.6 Å². The van der Waals surface area contributed by atoms with E-state index in [1.807, 2.05) is 0 Å². The van der Waals surface area contributed by atoms with Crippen LogP contribution in [0.25, 0.3) is 11.3 Å². The van der Waals surface area contributed by atoms with E-state index in [0.717, 1.165) is 0 Å². The summed E-state index contributed by atoms with van der Waals surface area (Å²) in [6.45, 7) is 6.71. The van der Waals surface area contributed by atoms with E-state index in [4.69, 9.17) is 4.42 Å². The van der Waals surface area contributed by atoms with E-state index < -0.39 is 9.84 Å². The van der Waals surface area contributed by atoms with E-state index in [2.05, 4.69) is 31.1 Å². The molecule has 0 aliphatic rings. The number of aromatic nitrogens is 1. The molecule has 0 radical (unpaired) electrons. The van der Waals surface area contributed by atoms with E-state index >= 15 is 0 Å². The number of nitrogens with zero attached hydrogens (tertiary/aromatic N) is 1. The summed E-state index contributed by atoms with van der Waals surface area (Å²) in [6.07, 6.45) is 2.80. The molecule has 1 N–H and O–H groups in total. The van der Waals surface area contributed by atoms with Crippen molar-refractivity contribution in [3.05, 3.63) is 36.4 Å². The van der Waals surface area contributed by atoms with Crippen molar-refractivity contribution in [3.8, 4) is 11.3 Å². The van der Waals surface area contributed by atoms with Gasteiger partial charge >= 0.3 is 0 Å². The summed E-state index contributed by atoms with van der Waals surface area (Å²) in [5.41, 5.74) is 0.678. The van der Waals surface area contributed by atoms with Crippen LogP contribution in [0.5, 0.6) is 0 Å². The third-order valence-corrected chi connectivity index (χ3v) is 3.98. The Bertz CT molecular complexity index is 727. The van der Waals surface area contributed by atoms with Crippen LogP contribution in [0, 0.1) is 0 Å². The van der Waals surface area contributed by atoms with E-state index in [1.165, 1.54) is 6.26 Å². The largest absolute Gasteiger partial charge is 0.439 e. The molecule has 5 nitrogen and oxygen atoms in total. The smallest absolute Gasteiger partial charge is 0.208 e. The lowest BCUT2D eigenvalue weighted by molar-refractivity contribution is 0.383. The van der Waals surface area contributed by atoms with Gasteiger partial charge in [-0.15, -0.1) is 0 Å². The molecule has 0 atom stereocenters. The molecule has 0 amide bonds. The van der Waals surface area contributed by atoms with Gasteiger partial charge in [-0.05, 0) is 32.9 Å². The average molecular weight is 308 g/mol. The topological polar surface area (TPSA) is 72.2 Å². The molecule has 0 saturated heterocycles. The summed E-state index contributed by atoms with van der Waals surface area (Å²) in [7, 11) is -3.23. The second-order valence-electron chi connectivity index (χ2n) is 6.02. The predicted octanol–water partition coefficient (Wildman–Crippen LogP) is 2.63. The summed E-state index contributed by atoms with van der Waals surface area (Å²) >= 11 is 0. The first-order valence-electron chi connectivity index (χ1n) is 6.65. The number of hydrogen-bond donors (Lipinski definition) is 1. The van der Waals surface area contributed by atoms with Crippen molar-refractivity contribution in [2.75, 3.05) is 6.26 Å². The van der Waals surface area contributed by atoms with Gasteiger partial charge in [0.2, 0.25) is 5.89 Å². The van der Waals surface area contributed by atoms with Gasteiger partial charge in [0, 0.05) is 17.4 Å². The first-order valence-corrected chi connectivity index (χ1v) is 8.54. The van der Waals surface area contributed by atoms with Crippen LogP contribution < -0.4 is 5.32 Å². The Kier molecular flexibility index (Phi) is 4.20. The van der Waals surface area contributed by atoms with Gasteiger partial charge in [-0.25, -0.2) is 13.4 Å². The molecule has 2 rings (SSSR count). The molecule has 0 bridgehead atoms. The van der Waals surface area contributed by atoms with Crippen LogP contribution in [0.4, 0.5) is 0 Å². The molecule has 0 aliphatic heterocycles. The Hall–Kier alpha value is -1.66. The number of rotatable bonds is 4. The van der Waals surface area contributed by atoms with Gasteiger partial charge in [0.1, 0.15) is 0 Å². The fourth-order valence-corrected chi connectivity index (χ4v) is 2.41. The van der Waals surface area contributed by atoms with Crippen molar-refractivity contribution in [2.45, 2.75) is 37.8 Å². The van der Waals surface area contributed by atoms with Crippen LogP contribution in [0.2, 0.25) is 0 Å². The second kappa shape index (κ2) is 5.61. The number of sulfone groups is 1. The van der Waals surface area contributed by atoms with Crippen LogP contribution in [0.15, 0.2) is 39.8 Å². The van der Waals surface area contributed by atoms with Gasteiger partial charge < -0.3 is 9.73 Å². The highest BCUT2D eigenvalue weighted by molar-refractivity contribution is 7.90. The van der Waals surface area contributed by atoms with Crippen LogP contribution in [-0.2, 0) is 16.4 Å². The monoisotopic (exact) mass is 308 g/mol. The van der Waals surface area contributed by atoms with Crippen molar-refractivity contribution in [1.82, 2.24) is 10.3 Å². The maximum Gasteiger partial charge on any atom is 0.208 e. The highest BCUT2D eigenvalue weighted by atomic mass is 32.2. The zero-order valence-electron chi connectivity index (χ0n) is 12.7. The molecule has 0 aliphatic carbocycles. The van der Waals surface area contributed by atoms with Gasteiger partial charge in [0.05, 0.1) is 17.6 Å². The summed E-state index contributed by atoms with van der Waals surface area (Å²) in [6, 6.07) is 6.66. The van der Waals surface area contributed by atoms with E-state index in [9.17, 15) is 8.42 Å². The van der Waals surface area contributed by atoms with Gasteiger partial charge in [-0.3, -0.25) is 0 Å². The van der Waals surface area contributed by atoms with Crippen LogP contribution >= 0.6 is 0 Å². The molecular formula is C15H20N2O3S. The Morgan fingerprint density at radius 2 is 2.00 bits per heavy atom. The van der Waals surface area contributed by atoms with Crippen LogP contribution in [-0.4, -0.2) is 25.2 Å². The fraction of sp³-hybridized carbons (Fsp3) is 0.400. The standard InChI is InChI=1S/C15H20N2O3S/c1-15(2,3)17-10-14-16-9-13(20-14)11-6-5-7-12(8-11)21(4,18)19/h5-9,17H,10H2,1-4H3. The molecule has 1 aromatic carbocycles. The number of nitrogens with one attached hydrogen (secondary N) is 1. The third-order valence-electron chi connectivity index (χ3n) is 2.87. The predicted molar refractivity (Wildman–Crippen MR) is 81.6 cm³/mol. The highest BCUT2D eigenvalue weighted by Crippen LogP contribution is 2.23. The van der Waals surface area contributed by atoms with E-state index in [1.54, 1.807) is 30.5 Å². The molecule has 0 fully saturated rings. The lowest BCUT2D eigenvalue weighted by Crippen LogP contribution is -2.35. The molecule has 6 heteroatoms. The first-order chi connectivity index (χ1) is 9.65. The lowest BCUT2D eigenvalue weighted by Gasteiger charge is -2.18. The second-order valence-corrected chi connectivity index (χ2v) is 8.04. The summed E-state index contributed by atoms with van der Waals surface area (Å²) in [4.78, 5) is 4.48. The maximum atomic E-state index is 11.6. The Balaban J connectivity index is 2.22. The molecule has 1 aromatic heterocycles. The van der Waals surface area contributed by atoms with Gasteiger partial charge in [-0.1, -0.05) is 12.1 Å². The van der Waals surface area contributed by atoms with Crippen molar-refractivity contribution in [1.29, 1.82) is 0 Å². The average Bonchev–Trinajstić information content (AvgIpc) is 2.83. The highest BCUT2D eigenvalue weighted by Gasteiger charge is 2.13. The Morgan fingerprint density at radius 3 is 2.62 bits per heavy atom. The van der Waals surface area contributed by atoms with Gasteiger partial charge in [0.25, 0.3) is 0 Å². The summed E-state index contributed by atoms with van der Waals surface area (Å²) in [5.74, 6) is 1.14. The fourth-order valence-electron chi connectivity index (χ4n) is 1.75. The SMILES string of the molecule is CC(C)(C)NCc1ncc(-c2cccc(S(C)(=O)=O)c2)o1. The Morgan fingerprint density at radius 1 is 1.29 bits per heavy atom. The number of hydrogen-bond acceptors (Lipinski definition) is 5. The zero-order valence-corrected chi connectivity index (χ0v) is 13.5. The van der Waals surface area contributed by atoms with E-state index in [-0.39, 0.29) is 10.4 Å². The van der Waals surface area contributed by atoms with Crippen LogP contribution in [0.3, 0.4) is 0 Å². The first kappa shape index (κ1) is 15.7. The molecule has 0 saturated carbocycles. The quantitative estimate of drug-likeness (QED) is 0.940. The molecular weight excluding hydrogens is 288 g/mol. The van der Waals surface area contributed by atoms with Crippen molar-refractivity contribution >= 4 is 9.84 Å². The van der Waals surface area contributed by atoms with Crippen molar-refractivity contribution < 1.29 is 12.8 Å². The minimum Gasteiger partial charge on any atom is -0.439 e. The third kappa shape index (κ3) is 4.41. The van der Waals surface area contributed by atoms with Crippen LogP contribution in [0.1, 0.15) is 26.7 Å². The molecule has 1 heterocycles. The lowest BCUT2D eigenvalue weighted by atomic mass is 10.1. The minimum absolute atomic E-state index is 0.0230. The molecule has 21 heavy (non-hydrogen) atoms. The summed E-state index contributed by atoms with van der Waals surface area (Å²) in [5, 5.41) is 3.29. The normalized spacial score (nSPS) is 12.6. The Labute approximate surface area is 125 Å². The van der Waals surface area contributed by atoms with Crippen molar-refractivity contribution in [3.63, 3.8) is 0 Å². The minimum atomic E-state index is -3.23. The number of oxazole rings is 1. The van der Waals surface area contributed by atoms with Crippen molar-refractivity contribution in [2.24, 2.45) is 0 Å². The zero-order chi connectivity index (χ0) is 15.7. The molecule has 0 unspecified atom stereocenters. The maximum absolute atomic E-state index is 11.6. The molecule has 0 spiro atoms. The molecule has 114 valence electrons. The molecule has 2 aromatic rings. The van der Waals surface area contributed by atoms with Gasteiger partial charge in [-0.2, -0.15) is 0 Å². The van der Waals surface area contributed by atoms with E-state index in [0.29, 0.717) is 23.8 Å².